The molecule has 0 saturated heterocycles. The summed E-state index contributed by atoms with van der Waals surface area (Å²) in [6.07, 6.45) is 0. The Labute approximate surface area is 316 Å². The van der Waals surface area contributed by atoms with E-state index in [1.807, 2.05) is 18.2 Å². The quantitative estimate of drug-likeness (QED) is 0.159. The first kappa shape index (κ1) is 32.7. The highest BCUT2D eigenvalue weighted by Crippen LogP contribution is 2.38. The average molecular weight is 690 g/mol. The zero-order valence-electron chi connectivity index (χ0n) is 29.5. The monoisotopic (exact) mass is 689 g/mol. The van der Waals surface area contributed by atoms with Crippen LogP contribution in [0.5, 0.6) is 0 Å². The SMILES string of the molecule is c1ccc(-c2cccc(-c3nc(-c4cccc(-c5ccc(-c6ccccc6)cc5-c5ccccc5)c4)nc(-c4ccccc4-c4ccccc4)n3)c2)cc1. The van der Waals surface area contributed by atoms with E-state index in [4.69, 9.17) is 15.0 Å². The van der Waals surface area contributed by atoms with Gasteiger partial charge in [-0.15, -0.1) is 0 Å². The fraction of sp³-hybridized carbons (Fsp3) is 0. The standard InChI is InChI=1S/C51H35N3/c1-5-17-36(18-6-1)40-25-15-27-43(33-40)49-52-50(54-51(53-49)47-30-14-13-29-45(47)38-21-9-3-10-22-38)44-28-16-26-42(34-44)46-32-31-41(37-19-7-2-8-20-37)35-48(46)39-23-11-4-12-24-39/h1-35H. The number of rotatable bonds is 8. The molecule has 0 bridgehead atoms. The van der Waals surface area contributed by atoms with E-state index in [1.54, 1.807) is 0 Å². The largest absolute Gasteiger partial charge is 0.208 e. The Balaban J connectivity index is 1.21. The lowest BCUT2D eigenvalue weighted by molar-refractivity contribution is 1.07. The van der Waals surface area contributed by atoms with Crippen molar-refractivity contribution >= 4 is 0 Å². The summed E-state index contributed by atoms with van der Waals surface area (Å²) in [7, 11) is 0. The van der Waals surface area contributed by atoms with Crippen LogP contribution in [0.15, 0.2) is 212 Å². The van der Waals surface area contributed by atoms with Crippen molar-refractivity contribution in [2.45, 2.75) is 0 Å². The predicted octanol–water partition coefficient (Wildman–Crippen LogP) is 13.2. The van der Waals surface area contributed by atoms with Crippen LogP contribution in [0.1, 0.15) is 0 Å². The van der Waals surface area contributed by atoms with Crippen LogP contribution in [-0.2, 0) is 0 Å². The van der Waals surface area contributed by atoms with Crippen molar-refractivity contribution < 1.29 is 0 Å². The van der Waals surface area contributed by atoms with Gasteiger partial charge in [-0.25, -0.2) is 15.0 Å². The number of aromatic nitrogens is 3. The maximum absolute atomic E-state index is 5.21. The third-order valence-corrected chi connectivity index (χ3v) is 9.76. The minimum Gasteiger partial charge on any atom is -0.208 e. The van der Waals surface area contributed by atoms with Crippen molar-refractivity contribution in [3.05, 3.63) is 212 Å². The van der Waals surface area contributed by atoms with Gasteiger partial charge in [-0.2, -0.15) is 0 Å². The molecular weight excluding hydrogens is 655 g/mol. The molecule has 0 atom stereocenters. The first-order chi connectivity index (χ1) is 26.8. The molecule has 3 heteroatoms. The number of nitrogens with zero attached hydrogens (tertiary/aromatic N) is 3. The molecule has 0 aliphatic carbocycles. The maximum atomic E-state index is 5.21. The molecule has 0 saturated carbocycles. The molecule has 254 valence electrons. The Hall–Kier alpha value is -7.23. The van der Waals surface area contributed by atoms with E-state index in [-0.39, 0.29) is 0 Å². The summed E-state index contributed by atoms with van der Waals surface area (Å²) in [4.78, 5) is 15.6. The zero-order chi connectivity index (χ0) is 36.1. The molecule has 1 heterocycles. The molecule has 54 heavy (non-hydrogen) atoms. The van der Waals surface area contributed by atoms with Crippen LogP contribution in [0.3, 0.4) is 0 Å². The molecule has 0 aliphatic heterocycles. The van der Waals surface area contributed by atoms with Gasteiger partial charge in [-0.3, -0.25) is 0 Å². The molecule has 0 spiro atoms. The van der Waals surface area contributed by atoms with Crippen molar-refractivity contribution in [2.75, 3.05) is 0 Å². The molecule has 0 radical (unpaired) electrons. The number of benzene rings is 8. The Kier molecular flexibility index (Phi) is 8.94. The molecule has 8 aromatic carbocycles. The van der Waals surface area contributed by atoms with Gasteiger partial charge in [-0.05, 0) is 73.8 Å². The van der Waals surface area contributed by atoms with Gasteiger partial charge in [-0.1, -0.05) is 194 Å². The lowest BCUT2D eigenvalue weighted by Crippen LogP contribution is -2.01. The lowest BCUT2D eigenvalue weighted by atomic mass is 9.90. The van der Waals surface area contributed by atoms with Gasteiger partial charge in [0.2, 0.25) is 0 Å². The van der Waals surface area contributed by atoms with Crippen LogP contribution < -0.4 is 0 Å². The van der Waals surface area contributed by atoms with Gasteiger partial charge >= 0.3 is 0 Å². The van der Waals surface area contributed by atoms with E-state index in [1.165, 1.54) is 16.7 Å². The molecule has 0 fully saturated rings. The van der Waals surface area contributed by atoms with Crippen LogP contribution in [0, 0.1) is 0 Å². The molecule has 3 nitrogen and oxygen atoms in total. The zero-order valence-corrected chi connectivity index (χ0v) is 29.5. The molecular formula is C51H35N3. The normalized spacial score (nSPS) is 11.0. The Morgan fingerprint density at radius 3 is 1.13 bits per heavy atom. The molecule has 0 N–H and O–H groups in total. The van der Waals surface area contributed by atoms with Gasteiger partial charge in [0.1, 0.15) is 0 Å². The Morgan fingerprint density at radius 2 is 0.556 bits per heavy atom. The second-order valence-electron chi connectivity index (χ2n) is 13.2. The Bertz CT molecular complexity index is 2690. The Morgan fingerprint density at radius 1 is 0.185 bits per heavy atom. The van der Waals surface area contributed by atoms with Gasteiger partial charge in [0.15, 0.2) is 17.5 Å². The van der Waals surface area contributed by atoms with Gasteiger partial charge in [0.05, 0.1) is 0 Å². The van der Waals surface area contributed by atoms with Gasteiger partial charge < -0.3 is 0 Å². The molecule has 1 aromatic heterocycles. The third-order valence-electron chi connectivity index (χ3n) is 9.76. The first-order valence-corrected chi connectivity index (χ1v) is 18.2. The first-order valence-electron chi connectivity index (χ1n) is 18.2. The summed E-state index contributed by atoms with van der Waals surface area (Å²) in [6.45, 7) is 0. The van der Waals surface area contributed by atoms with Crippen molar-refractivity contribution in [3.63, 3.8) is 0 Å². The summed E-state index contributed by atoms with van der Waals surface area (Å²) in [5, 5.41) is 0. The fourth-order valence-electron chi connectivity index (χ4n) is 7.06. The minimum absolute atomic E-state index is 0.618. The molecule has 9 aromatic rings. The van der Waals surface area contributed by atoms with Crippen LogP contribution in [-0.4, -0.2) is 15.0 Å². The summed E-state index contributed by atoms with van der Waals surface area (Å²) < 4.78 is 0. The third kappa shape index (κ3) is 6.74. The van der Waals surface area contributed by atoms with Gasteiger partial charge in [0.25, 0.3) is 0 Å². The lowest BCUT2D eigenvalue weighted by Gasteiger charge is -2.15. The summed E-state index contributed by atoms with van der Waals surface area (Å²) in [5.41, 5.74) is 14.1. The van der Waals surface area contributed by atoms with Crippen LogP contribution >= 0.6 is 0 Å². The van der Waals surface area contributed by atoms with Crippen molar-refractivity contribution in [1.82, 2.24) is 15.0 Å². The van der Waals surface area contributed by atoms with Crippen molar-refractivity contribution in [3.8, 4) is 89.8 Å². The summed E-state index contributed by atoms with van der Waals surface area (Å²) >= 11 is 0. The van der Waals surface area contributed by atoms with Crippen molar-refractivity contribution in [1.29, 1.82) is 0 Å². The smallest absolute Gasteiger partial charge is 0.164 e. The maximum Gasteiger partial charge on any atom is 0.164 e. The molecule has 9 rings (SSSR count). The highest BCUT2D eigenvalue weighted by atomic mass is 15.0. The predicted molar refractivity (Wildman–Crippen MR) is 223 cm³/mol. The molecule has 0 unspecified atom stereocenters. The number of hydrogen-bond donors (Lipinski definition) is 0. The highest BCUT2D eigenvalue weighted by molar-refractivity contribution is 5.89. The van der Waals surface area contributed by atoms with E-state index >= 15 is 0 Å². The van der Waals surface area contributed by atoms with E-state index < -0.39 is 0 Å². The summed E-state index contributed by atoms with van der Waals surface area (Å²) in [5.74, 6) is 1.87. The topological polar surface area (TPSA) is 38.7 Å². The number of hydrogen-bond acceptors (Lipinski definition) is 3. The molecule has 0 amide bonds. The van der Waals surface area contributed by atoms with Crippen molar-refractivity contribution in [2.24, 2.45) is 0 Å². The second-order valence-corrected chi connectivity index (χ2v) is 13.2. The fourth-order valence-corrected chi connectivity index (χ4v) is 7.06. The highest BCUT2D eigenvalue weighted by Gasteiger charge is 2.17. The van der Waals surface area contributed by atoms with Crippen LogP contribution in [0.4, 0.5) is 0 Å². The van der Waals surface area contributed by atoms with Crippen LogP contribution in [0.25, 0.3) is 89.8 Å². The van der Waals surface area contributed by atoms with Crippen LogP contribution in [0.2, 0.25) is 0 Å². The van der Waals surface area contributed by atoms with E-state index in [9.17, 15) is 0 Å². The van der Waals surface area contributed by atoms with Gasteiger partial charge in [0, 0.05) is 16.7 Å². The van der Waals surface area contributed by atoms with E-state index in [0.717, 1.165) is 55.6 Å². The second kappa shape index (κ2) is 14.8. The van der Waals surface area contributed by atoms with E-state index in [2.05, 4.69) is 194 Å². The minimum atomic E-state index is 0.618. The average Bonchev–Trinajstić information content (AvgIpc) is 3.27. The van der Waals surface area contributed by atoms with E-state index in [0.29, 0.717) is 17.5 Å². The molecule has 0 aliphatic rings. The summed E-state index contributed by atoms with van der Waals surface area (Å²) in [6, 6.07) is 74.1.